The van der Waals surface area contributed by atoms with Crippen molar-refractivity contribution < 1.29 is 8.23 Å². The third-order valence-electron chi connectivity index (χ3n) is 6.24. The highest BCUT2D eigenvalue weighted by atomic mass is 35.7. The molecule has 3 rings (SSSR count). The van der Waals surface area contributed by atoms with Gasteiger partial charge in [0, 0.05) is 0 Å². The van der Waals surface area contributed by atoms with Crippen LogP contribution in [0, 0.1) is 0 Å². The summed E-state index contributed by atoms with van der Waals surface area (Å²) in [5, 5.41) is 1.77. The molecule has 1 aliphatic heterocycles. The van der Waals surface area contributed by atoms with Crippen LogP contribution in [0.1, 0.15) is 0 Å². The zero-order chi connectivity index (χ0) is 25.8. The predicted molar refractivity (Wildman–Crippen MR) is 163 cm³/mol. The Morgan fingerprint density at radius 2 is 0.824 bits per heavy atom. The van der Waals surface area contributed by atoms with Crippen molar-refractivity contribution in [3.05, 3.63) is 60.7 Å². The lowest BCUT2D eigenvalue weighted by molar-refractivity contribution is 0.449. The van der Waals surface area contributed by atoms with Gasteiger partial charge in [-0.1, -0.05) is 60.7 Å². The quantitative estimate of drug-likeness (QED) is 0.257. The van der Waals surface area contributed by atoms with Gasteiger partial charge >= 0.3 is 13.9 Å². The van der Waals surface area contributed by atoms with Gasteiger partial charge in [0.25, 0.3) is 0 Å². The smallest absolute Gasteiger partial charge is 0.414 e. The lowest BCUT2D eigenvalue weighted by Gasteiger charge is -2.74. The molecule has 0 amide bonds. The lowest BCUT2D eigenvalue weighted by atomic mass is 10.4. The first kappa shape index (κ1) is 29.3. The SMILES string of the molecule is C[Si](C)(O[Si](Cl)(Cl)c1ccccc1)N1[Si](C)(C)N([Si](C)(C)O[Si](Cl)(Cl)c2ccccc2)[Si]1(C)C. The van der Waals surface area contributed by atoms with E-state index in [-0.39, 0.29) is 0 Å². The standard InChI is InChI=1S/C20H34Cl4N2O2Si6/c1-29(2)25(31(5,6)27-33(21,22)19-15-11-9-12-16-19)30(3,4)26(29)32(7,8)28-34(23,24)20-17-13-10-14-18-20/h9-18H,1-8H3. The first-order chi connectivity index (χ1) is 15.4. The van der Waals surface area contributed by atoms with Crippen molar-refractivity contribution in [2.75, 3.05) is 0 Å². The maximum atomic E-state index is 6.90. The van der Waals surface area contributed by atoms with Crippen LogP contribution < -0.4 is 10.4 Å². The number of nitrogens with zero attached hydrogens (tertiary/aromatic N) is 2. The molecule has 1 aliphatic rings. The van der Waals surface area contributed by atoms with Crippen LogP contribution in [0.5, 0.6) is 0 Å². The van der Waals surface area contributed by atoms with Gasteiger partial charge in [0.1, 0.15) is 0 Å². The van der Waals surface area contributed by atoms with Gasteiger partial charge in [0.15, 0.2) is 16.8 Å². The highest BCUT2D eigenvalue weighted by molar-refractivity contribution is 7.50. The zero-order valence-electron chi connectivity index (χ0n) is 21.0. The second-order valence-corrected chi connectivity index (χ2v) is 40.1. The van der Waals surface area contributed by atoms with Gasteiger partial charge in [-0.05, 0) is 62.7 Å². The Morgan fingerprint density at radius 3 is 1.09 bits per heavy atom. The molecule has 2 aromatic carbocycles. The van der Waals surface area contributed by atoms with Gasteiger partial charge in [-0.2, -0.15) is 0 Å². The predicted octanol–water partition coefficient (Wildman–Crippen LogP) is 6.09. The maximum absolute atomic E-state index is 6.90. The second-order valence-electron chi connectivity index (χ2n) is 10.5. The van der Waals surface area contributed by atoms with E-state index in [1.807, 2.05) is 60.7 Å². The van der Waals surface area contributed by atoms with Crippen LogP contribution in [-0.2, 0) is 8.23 Å². The highest BCUT2D eigenvalue weighted by Crippen LogP contribution is 2.48. The number of rotatable bonds is 8. The third-order valence-corrected chi connectivity index (χ3v) is 45.8. The summed E-state index contributed by atoms with van der Waals surface area (Å²) in [4.78, 5) is 0. The summed E-state index contributed by atoms with van der Waals surface area (Å²) >= 11 is 27.6. The fraction of sp³-hybridized carbons (Fsp3) is 0.400. The molecule has 1 fully saturated rings. The van der Waals surface area contributed by atoms with E-state index in [2.05, 4.69) is 60.2 Å². The second kappa shape index (κ2) is 9.80. The molecule has 14 heteroatoms. The number of benzene rings is 2. The topological polar surface area (TPSA) is 24.9 Å². The minimum atomic E-state index is -3.10. The van der Waals surface area contributed by atoms with Gasteiger partial charge in [-0.25, -0.2) is 0 Å². The molecule has 0 unspecified atom stereocenters. The minimum absolute atomic E-state index is 0.885. The Hall–Kier alpha value is 0.741. The van der Waals surface area contributed by atoms with Crippen molar-refractivity contribution in [2.45, 2.75) is 52.4 Å². The molecule has 4 nitrogen and oxygen atoms in total. The van der Waals surface area contributed by atoms with E-state index in [1.54, 1.807) is 0 Å². The molecule has 34 heavy (non-hydrogen) atoms. The minimum Gasteiger partial charge on any atom is -0.419 e. The Balaban J connectivity index is 1.88. The number of hydrogen-bond acceptors (Lipinski definition) is 4. The van der Waals surface area contributed by atoms with Crippen LogP contribution in [-0.4, -0.2) is 55.4 Å². The molecule has 0 aromatic heterocycles. The monoisotopic (exact) mass is 642 g/mol. The first-order valence-corrected chi connectivity index (χ1v) is 30.6. The van der Waals surface area contributed by atoms with E-state index >= 15 is 0 Å². The van der Waals surface area contributed by atoms with Crippen molar-refractivity contribution >= 4 is 102 Å². The maximum Gasteiger partial charge on any atom is 0.414 e. The average molecular weight is 645 g/mol. The van der Waals surface area contributed by atoms with Crippen LogP contribution in [0.3, 0.4) is 0 Å². The Bertz CT molecular complexity index is 919. The molecule has 0 spiro atoms. The van der Waals surface area contributed by atoms with Crippen LogP contribution in [0.15, 0.2) is 60.7 Å². The summed E-state index contributed by atoms with van der Waals surface area (Å²) in [7, 11) is -9.07. The van der Waals surface area contributed by atoms with E-state index in [0.717, 1.165) is 10.4 Å². The average Bonchev–Trinajstić information content (AvgIpc) is 2.65. The van der Waals surface area contributed by atoms with Crippen LogP contribution in [0.4, 0.5) is 0 Å². The van der Waals surface area contributed by atoms with Gasteiger partial charge in [0.05, 0.1) is 0 Å². The highest BCUT2D eigenvalue weighted by Gasteiger charge is 2.71. The van der Waals surface area contributed by atoms with E-state index in [9.17, 15) is 0 Å². The summed E-state index contributed by atoms with van der Waals surface area (Å²) in [5.41, 5.74) is 0. The number of hydrogen-bond donors (Lipinski definition) is 0. The normalized spacial score (nSPS) is 19.6. The van der Waals surface area contributed by atoms with Crippen LogP contribution in [0.2, 0.25) is 52.4 Å². The molecule has 1 heterocycles. The summed E-state index contributed by atoms with van der Waals surface area (Å²) in [5.74, 6) is 0. The van der Waals surface area contributed by atoms with Crippen molar-refractivity contribution in [1.29, 1.82) is 0 Å². The molecule has 188 valence electrons. The molecule has 1 saturated heterocycles. The largest absolute Gasteiger partial charge is 0.419 e. The van der Waals surface area contributed by atoms with Crippen molar-refractivity contribution in [2.24, 2.45) is 0 Å². The third kappa shape index (κ3) is 5.60. The molecule has 0 N–H and O–H groups in total. The van der Waals surface area contributed by atoms with Crippen LogP contribution in [0.25, 0.3) is 0 Å². The van der Waals surface area contributed by atoms with Crippen molar-refractivity contribution in [3.63, 3.8) is 0 Å². The molecular weight excluding hydrogens is 611 g/mol. The van der Waals surface area contributed by atoms with Crippen molar-refractivity contribution in [3.8, 4) is 0 Å². The Morgan fingerprint density at radius 1 is 0.559 bits per heavy atom. The van der Waals surface area contributed by atoms with Gasteiger partial charge in [0.2, 0.25) is 17.0 Å². The molecule has 2 aromatic rings. The Labute approximate surface area is 229 Å². The fourth-order valence-corrected chi connectivity index (χ4v) is 59.8. The molecule has 0 atom stereocenters. The zero-order valence-corrected chi connectivity index (χ0v) is 30.0. The summed E-state index contributed by atoms with van der Waals surface area (Å²) in [6.45, 7) is 12.2. The van der Waals surface area contributed by atoms with Crippen LogP contribution >= 0.6 is 44.3 Å². The first-order valence-electron chi connectivity index (χ1n) is 11.2. The molecule has 0 radical (unpaired) electrons. The summed E-state index contributed by atoms with van der Waals surface area (Å²) in [6, 6.07) is 19.6. The van der Waals surface area contributed by atoms with Gasteiger partial charge < -0.3 is 16.0 Å². The van der Waals surface area contributed by atoms with Gasteiger partial charge in [-0.3, -0.25) is 0 Å². The van der Waals surface area contributed by atoms with E-state index in [4.69, 9.17) is 52.5 Å². The molecular formula is C20H34Cl4N2O2Si6. The fourth-order valence-electron chi connectivity index (χ4n) is 6.23. The van der Waals surface area contributed by atoms with E-state index < -0.39 is 47.6 Å². The van der Waals surface area contributed by atoms with E-state index in [1.165, 1.54) is 0 Å². The summed E-state index contributed by atoms with van der Waals surface area (Å²) < 4.78 is 18.9. The molecule has 0 aliphatic carbocycles. The van der Waals surface area contributed by atoms with Gasteiger partial charge in [-0.15, -0.1) is 44.3 Å². The number of halogens is 4. The Kier molecular flexibility index (Phi) is 8.45. The molecule has 0 saturated carbocycles. The lowest BCUT2D eigenvalue weighted by Crippen LogP contribution is -2.98. The molecule has 0 bridgehead atoms. The van der Waals surface area contributed by atoms with E-state index in [0.29, 0.717) is 0 Å². The summed E-state index contributed by atoms with van der Waals surface area (Å²) in [6.07, 6.45) is 0. The van der Waals surface area contributed by atoms with Crippen molar-refractivity contribution in [1.82, 2.24) is 7.79 Å².